The van der Waals surface area contributed by atoms with Crippen molar-refractivity contribution in [2.75, 3.05) is 7.11 Å². The Balaban J connectivity index is 2.09. The zero-order valence-corrected chi connectivity index (χ0v) is 13.8. The number of alkyl halides is 2. The van der Waals surface area contributed by atoms with Gasteiger partial charge in [0.15, 0.2) is 5.65 Å². The summed E-state index contributed by atoms with van der Waals surface area (Å²) in [6, 6.07) is 7.66. The smallest absolute Gasteiger partial charge is 0.387 e. The second-order valence-electron chi connectivity index (χ2n) is 4.67. The Hall–Kier alpha value is -2.55. The summed E-state index contributed by atoms with van der Waals surface area (Å²) in [7, 11) is 1.28. The molecule has 0 aliphatic rings. The number of benzene rings is 1. The second-order valence-corrected chi connectivity index (χ2v) is 5.42. The lowest BCUT2D eigenvalue weighted by Gasteiger charge is -2.07. The van der Waals surface area contributed by atoms with E-state index in [1.165, 1.54) is 30.1 Å². The number of hydrogen-bond donors (Lipinski definition) is 0. The highest BCUT2D eigenvalue weighted by Gasteiger charge is 2.16. The van der Waals surface area contributed by atoms with Gasteiger partial charge in [-0.2, -0.15) is 13.9 Å². The van der Waals surface area contributed by atoms with Crippen LogP contribution < -0.4 is 4.74 Å². The fraction of sp³-hybridized carbons (Fsp3) is 0.133. The summed E-state index contributed by atoms with van der Waals surface area (Å²) in [5, 5.41) is 4.86. The van der Waals surface area contributed by atoms with Crippen LogP contribution in [0.5, 0.6) is 5.75 Å². The van der Waals surface area contributed by atoms with Gasteiger partial charge in [0, 0.05) is 12.3 Å². The molecular weight excluding hydrogens is 388 g/mol. The Kier molecular flexibility index (Phi) is 4.43. The Labute approximate surface area is 143 Å². The van der Waals surface area contributed by atoms with E-state index in [1.54, 1.807) is 18.2 Å². The monoisotopic (exact) mass is 397 g/mol. The number of hydrogen-bond acceptors (Lipinski definition) is 5. The fourth-order valence-corrected chi connectivity index (χ4v) is 2.62. The maximum atomic E-state index is 12.4. The van der Waals surface area contributed by atoms with E-state index >= 15 is 0 Å². The summed E-state index contributed by atoms with van der Waals surface area (Å²) >= 11 is 3.30. The van der Waals surface area contributed by atoms with Crippen LogP contribution in [0.3, 0.4) is 0 Å². The van der Waals surface area contributed by atoms with Gasteiger partial charge in [0.25, 0.3) is 0 Å². The van der Waals surface area contributed by atoms with Gasteiger partial charge in [-0.15, -0.1) is 0 Å². The fourth-order valence-electron chi connectivity index (χ4n) is 2.17. The molecular formula is C15H10BrF2N3O3. The molecule has 2 aromatic heterocycles. The largest absolute Gasteiger partial charge is 0.465 e. The summed E-state index contributed by atoms with van der Waals surface area (Å²) in [5.41, 5.74) is 1.21. The summed E-state index contributed by atoms with van der Waals surface area (Å²) < 4.78 is 35.7. The summed E-state index contributed by atoms with van der Waals surface area (Å²) in [6.07, 6.45) is 1.36. The van der Waals surface area contributed by atoms with E-state index < -0.39 is 12.6 Å². The van der Waals surface area contributed by atoms with Gasteiger partial charge < -0.3 is 9.47 Å². The van der Waals surface area contributed by atoms with Crippen LogP contribution in [0.4, 0.5) is 8.78 Å². The molecule has 0 spiro atoms. The van der Waals surface area contributed by atoms with E-state index in [2.05, 4.69) is 35.5 Å². The Morgan fingerprint density at radius 3 is 2.83 bits per heavy atom. The highest BCUT2D eigenvalue weighted by atomic mass is 79.9. The van der Waals surface area contributed by atoms with Gasteiger partial charge in [-0.1, -0.05) is 6.07 Å². The van der Waals surface area contributed by atoms with Crippen molar-refractivity contribution in [2.45, 2.75) is 6.61 Å². The number of aromatic nitrogens is 3. The predicted octanol–water partition coefficient (Wildman–Crippen LogP) is 3.57. The molecule has 0 amide bonds. The lowest BCUT2D eigenvalue weighted by Crippen LogP contribution is -2.04. The lowest BCUT2D eigenvalue weighted by molar-refractivity contribution is -0.0498. The van der Waals surface area contributed by atoms with Crippen molar-refractivity contribution in [3.8, 4) is 11.4 Å². The quantitative estimate of drug-likeness (QED) is 0.629. The molecule has 0 unspecified atom stereocenters. The minimum Gasteiger partial charge on any atom is -0.465 e. The molecule has 0 aliphatic heterocycles. The molecule has 0 bridgehead atoms. The molecule has 0 saturated heterocycles. The number of halogens is 3. The zero-order chi connectivity index (χ0) is 17.3. The Bertz CT molecular complexity index is 914. The van der Waals surface area contributed by atoms with E-state index in [4.69, 9.17) is 0 Å². The van der Waals surface area contributed by atoms with E-state index in [9.17, 15) is 13.6 Å². The molecule has 2 heterocycles. The summed E-state index contributed by atoms with van der Waals surface area (Å²) in [4.78, 5) is 15.8. The summed E-state index contributed by atoms with van der Waals surface area (Å²) in [5.74, 6) is -0.509. The van der Waals surface area contributed by atoms with E-state index in [1.807, 2.05) is 0 Å². The van der Waals surface area contributed by atoms with Crippen LogP contribution in [0.1, 0.15) is 10.4 Å². The van der Waals surface area contributed by atoms with Gasteiger partial charge >= 0.3 is 12.6 Å². The first kappa shape index (κ1) is 16.3. The van der Waals surface area contributed by atoms with Crippen LogP contribution in [0.15, 0.2) is 41.1 Å². The molecule has 1 aromatic carbocycles. The molecule has 0 saturated carbocycles. The number of carbonyl (C=O) groups excluding carboxylic acids is 1. The third-order valence-electron chi connectivity index (χ3n) is 3.19. The zero-order valence-electron chi connectivity index (χ0n) is 12.2. The van der Waals surface area contributed by atoms with Crippen molar-refractivity contribution in [3.63, 3.8) is 0 Å². The average Bonchev–Trinajstić information content (AvgIpc) is 2.90. The van der Waals surface area contributed by atoms with E-state index in [0.29, 0.717) is 21.3 Å². The average molecular weight is 398 g/mol. The van der Waals surface area contributed by atoms with Crippen molar-refractivity contribution in [3.05, 3.63) is 46.7 Å². The van der Waals surface area contributed by atoms with Crippen molar-refractivity contribution >= 4 is 32.9 Å². The second kappa shape index (κ2) is 6.52. The van der Waals surface area contributed by atoms with Crippen LogP contribution in [-0.2, 0) is 4.74 Å². The molecule has 0 radical (unpaired) electrons. The minimum atomic E-state index is -2.91. The maximum absolute atomic E-state index is 12.4. The molecule has 124 valence electrons. The summed E-state index contributed by atoms with van der Waals surface area (Å²) in [6.45, 7) is -2.91. The molecule has 9 heteroatoms. The molecule has 0 N–H and O–H groups in total. The standard InChI is InChI=1S/C15H10BrF2N3O3/c1-23-14(22)8-5-11-12(16)20-21(13(11)19-7-8)9-3-2-4-10(6-9)24-15(17)18/h2-7,15H,1H3. The third kappa shape index (κ3) is 3.07. The molecule has 24 heavy (non-hydrogen) atoms. The Morgan fingerprint density at radius 1 is 1.33 bits per heavy atom. The topological polar surface area (TPSA) is 66.2 Å². The first-order chi connectivity index (χ1) is 11.5. The van der Waals surface area contributed by atoms with Gasteiger partial charge in [0.1, 0.15) is 10.4 Å². The van der Waals surface area contributed by atoms with E-state index in [-0.39, 0.29) is 11.3 Å². The molecule has 6 nitrogen and oxygen atoms in total. The number of ether oxygens (including phenoxy) is 2. The number of carbonyl (C=O) groups is 1. The maximum Gasteiger partial charge on any atom is 0.387 e. The Morgan fingerprint density at radius 2 is 2.12 bits per heavy atom. The van der Waals surface area contributed by atoms with Crippen molar-refractivity contribution in [2.24, 2.45) is 0 Å². The SMILES string of the molecule is COC(=O)c1cnc2c(c1)c(Br)nn2-c1cccc(OC(F)F)c1. The van der Waals surface area contributed by atoms with Crippen LogP contribution in [0, 0.1) is 0 Å². The number of esters is 1. The molecule has 0 aliphatic carbocycles. The first-order valence-electron chi connectivity index (χ1n) is 6.67. The normalized spacial score (nSPS) is 11.0. The number of nitrogens with zero attached hydrogens (tertiary/aromatic N) is 3. The number of methoxy groups -OCH3 is 1. The number of pyridine rings is 1. The van der Waals surface area contributed by atoms with Crippen LogP contribution >= 0.6 is 15.9 Å². The van der Waals surface area contributed by atoms with Gasteiger partial charge in [-0.05, 0) is 34.1 Å². The molecule has 0 fully saturated rings. The minimum absolute atomic E-state index is 0.00783. The van der Waals surface area contributed by atoms with Gasteiger partial charge in [0.05, 0.1) is 23.7 Å². The third-order valence-corrected chi connectivity index (χ3v) is 3.77. The molecule has 3 rings (SSSR count). The highest BCUT2D eigenvalue weighted by Crippen LogP contribution is 2.27. The van der Waals surface area contributed by atoms with Crippen molar-refractivity contribution in [1.29, 1.82) is 0 Å². The highest BCUT2D eigenvalue weighted by molar-refractivity contribution is 9.10. The molecule has 0 atom stereocenters. The van der Waals surface area contributed by atoms with Crippen molar-refractivity contribution in [1.82, 2.24) is 14.8 Å². The van der Waals surface area contributed by atoms with Gasteiger partial charge in [-0.3, -0.25) is 0 Å². The number of fused-ring (bicyclic) bond motifs is 1. The van der Waals surface area contributed by atoms with Gasteiger partial charge in [-0.25, -0.2) is 14.5 Å². The number of rotatable bonds is 4. The predicted molar refractivity (Wildman–Crippen MR) is 84.5 cm³/mol. The van der Waals surface area contributed by atoms with Crippen LogP contribution in [0.2, 0.25) is 0 Å². The van der Waals surface area contributed by atoms with E-state index in [0.717, 1.165) is 0 Å². The van der Waals surface area contributed by atoms with Gasteiger partial charge in [0.2, 0.25) is 0 Å². The van der Waals surface area contributed by atoms with Crippen LogP contribution in [0.25, 0.3) is 16.7 Å². The van der Waals surface area contributed by atoms with Crippen LogP contribution in [-0.4, -0.2) is 34.5 Å². The first-order valence-corrected chi connectivity index (χ1v) is 7.46. The van der Waals surface area contributed by atoms with Crippen molar-refractivity contribution < 1.29 is 23.0 Å². The molecule has 3 aromatic rings. The lowest BCUT2D eigenvalue weighted by atomic mass is 10.2.